The van der Waals surface area contributed by atoms with Gasteiger partial charge >= 0.3 is 0 Å². The fourth-order valence-electron chi connectivity index (χ4n) is 6.66. The van der Waals surface area contributed by atoms with Crippen LogP contribution >= 0.6 is 24.0 Å². The molecule has 0 amide bonds. The zero-order valence-corrected chi connectivity index (χ0v) is 18.6. The molecule has 0 aromatic heterocycles. The number of rotatable bonds is 3. The van der Waals surface area contributed by atoms with Crippen molar-refractivity contribution in [3.05, 3.63) is 0 Å². The van der Waals surface area contributed by atoms with Gasteiger partial charge in [-0.3, -0.25) is 4.99 Å². The summed E-state index contributed by atoms with van der Waals surface area (Å²) in [6.07, 6.45) is 7.30. The van der Waals surface area contributed by atoms with E-state index in [1.54, 1.807) is 0 Å². The summed E-state index contributed by atoms with van der Waals surface area (Å²) in [5.41, 5.74) is 0.579. The van der Waals surface area contributed by atoms with Crippen LogP contribution in [-0.2, 0) is 9.47 Å². The number of ether oxygens (including phenoxy) is 2. The molecule has 26 heavy (non-hydrogen) atoms. The highest BCUT2D eigenvalue weighted by molar-refractivity contribution is 14.0. The monoisotopic (exact) mass is 475 g/mol. The van der Waals surface area contributed by atoms with E-state index in [4.69, 9.17) is 14.5 Å². The molecular formula is C20H34IN3O2. The Morgan fingerprint density at radius 3 is 2.23 bits per heavy atom. The van der Waals surface area contributed by atoms with Crippen LogP contribution in [0.25, 0.3) is 0 Å². The lowest BCUT2D eigenvalue weighted by atomic mass is 9.46. The summed E-state index contributed by atoms with van der Waals surface area (Å²) in [7, 11) is 0. The molecular weight excluding hydrogens is 441 g/mol. The average molecular weight is 475 g/mol. The summed E-state index contributed by atoms with van der Waals surface area (Å²) in [6, 6.07) is 1.01. The molecule has 3 saturated carbocycles. The van der Waals surface area contributed by atoms with Crippen molar-refractivity contribution >= 4 is 29.9 Å². The van der Waals surface area contributed by atoms with Gasteiger partial charge in [0.05, 0.1) is 12.2 Å². The van der Waals surface area contributed by atoms with Gasteiger partial charge in [-0.2, -0.15) is 0 Å². The van der Waals surface area contributed by atoms with E-state index in [1.165, 1.54) is 32.1 Å². The number of nitrogens with zero attached hydrogens (tertiary/aromatic N) is 1. The Labute approximate surface area is 174 Å². The molecule has 0 bridgehead atoms. The first-order chi connectivity index (χ1) is 12.1. The van der Waals surface area contributed by atoms with Crippen LogP contribution in [0.4, 0.5) is 0 Å². The summed E-state index contributed by atoms with van der Waals surface area (Å²) in [5, 5.41) is 7.65. The highest BCUT2D eigenvalue weighted by atomic mass is 127. The summed E-state index contributed by atoms with van der Waals surface area (Å²) in [4.78, 5) is 4.80. The van der Waals surface area contributed by atoms with Crippen LogP contribution in [-0.4, -0.2) is 50.0 Å². The maximum absolute atomic E-state index is 6.07. The maximum Gasteiger partial charge on any atom is 0.191 e. The van der Waals surface area contributed by atoms with Gasteiger partial charge in [0.1, 0.15) is 0 Å². The smallest absolute Gasteiger partial charge is 0.191 e. The molecule has 5 fully saturated rings. The van der Waals surface area contributed by atoms with Crippen molar-refractivity contribution < 1.29 is 9.47 Å². The molecule has 3 aliphatic carbocycles. The minimum absolute atomic E-state index is 0. The van der Waals surface area contributed by atoms with Crippen LogP contribution in [0, 0.1) is 22.7 Å². The number of aliphatic imine (C=N–C) groups is 1. The van der Waals surface area contributed by atoms with Gasteiger partial charge in [0.2, 0.25) is 0 Å². The van der Waals surface area contributed by atoms with E-state index in [0.717, 1.165) is 25.7 Å². The van der Waals surface area contributed by atoms with E-state index in [0.29, 0.717) is 41.5 Å². The number of guanidine groups is 1. The topological polar surface area (TPSA) is 54.9 Å². The molecule has 6 unspecified atom stereocenters. The zero-order chi connectivity index (χ0) is 17.2. The van der Waals surface area contributed by atoms with Crippen LogP contribution in [0.2, 0.25) is 0 Å². The van der Waals surface area contributed by atoms with Gasteiger partial charge in [0.25, 0.3) is 0 Å². The largest absolute Gasteiger partial charge is 0.377 e. The highest BCUT2D eigenvalue weighted by Crippen LogP contribution is 2.62. The normalized spacial score (nSPS) is 44.0. The molecule has 2 aliphatic heterocycles. The van der Waals surface area contributed by atoms with Gasteiger partial charge in [-0.1, -0.05) is 20.3 Å². The molecule has 2 heterocycles. The molecule has 0 radical (unpaired) electrons. The van der Waals surface area contributed by atoms with Crippen molar-refractivity contribution in [3.63, 3.8) is 0 Å². The molecule has 0 aromatic rings. The summed E-state index contributed by atoms with van der Waals surface area (Å²) >= 11 is 0. The van der Waals surface area contributed by atoms with Crippen molar-refractivity contribution in [2.45, 2.75) is 77.2 Å². The number of fused-ring (bicyclic) bond motifs is 3. The third-order valence-electron chi connectivity index (χ3n) is 8.04. The lowest BCUT2D eigenvalue weighted by Gasteiger charge is -2.63. The van der Waals surface area contributed by atoms with E-state index >= 15 is 0 Å². The summed E-state index contributed by atoms with van der Waals surface area (Å²) in [5.74, 6) is 2.34. The Kier molecular flexibility index (Phi) is 5.01. The van der Waals surface area contributed by atoms with E-state index in [9.17, 15) is 0 Å². The highest BCUT2D eigenvalue weighted by Gasteiger charge is 2.67. The third kappa shape index (κ3) is 2.50. The van der Waals surface area contributed by atoms with Crippen LogP contribution < -0.4 is 10.6 Å². The van der Waals surface area contributed by atoms with Crippen molar-refractivity contribution in [2.75, 3.05) is 19.8 Å². The molecule has 6 atom stereocenters. The van der Waals surface area contributed by atoms with Gasteiger partial charge < -0.3 is 20.1 Å². The Morgan fingerprint density at radius 1 is 1.00 bits per heavy atom. The van der Waals surface area contributed by atoms with Crippen molar-refractivity contribution in [2.24, 2.45) is 27.7 Å². The Balaban J connectivity index is 0.00000168. The van der Waals surface area contributed by atoms with Crippen molar-refractivity contribution in [1.29, 1.82) is 0 Å². The maximum atomic E-state index is 6.07. The standard InChI is InChI=1S/C20H33N3O2.HI/c1-4-21-18(22-14-12-6-10-24-16(12)19(14,2)3)23-15-13-7-11-25-17(13)20(15)8-5-9-20;/h12-17H,4-11H2,1-3H3,(H2,21,22,23);1H. The third-order valence-corrected chi connectivity index (χ3v) is 8.04. The fourth-order valence-corrected chi connectivity index (χ4v) is 6.66. The second-order valence-corrected chi connectivity index (χ2v) is 9.46. The molecule has 2 saturated heterocycles. The first kappa shape index (κ1) is 19.2. The minimum Gasteiger partial charge on any atom is -0.377 e. The summed E-state index contributed by atoms with van der Waals surface area (Å²) in [6.45, 7) is 9.46. The predicted octanol–water partition coefficient (Wildman–Crippen LogP) is 2.93. The SMILES string of the molecule is CCN=C(NC1C2CCOC2C1(C)C)NC1C2CCOC2C12CCC2.I. The summed E-state index contributed by atoms with van der Waals surface area (Å²) < 4.78 is 12.0. The van der Waals surface area contributed by atoms with E-state index in [-0.39, 0.29) is 29.4 Å². The first-order valence-corrected chi connectivity index (χ1v) is 10.4. The van der Waals surface area contributed by atoms with Crippen LogP contribution in [0.1, 0.15) is 52.9 Å². The molecule has 148 valence electrons. The fraction of sp³-hybridized carbons (Fsp3) is 0.950. The first-order valence-electron chi connectivity index (χ1n) is 10.4. The van der Waals surface area contributed by atoms with Crippen LogP contribution in [0.5, 0.6) is 0 Å². The number of hydrogen-bond donors (Lipinski definition) is 2. The van der Waals surface area contributed by atoms with Gasteiger partial charge in [0, 0.05) is 54.5 Å². The van der Waals surface area contributed by atoms with Gasteiger partial charge in [-0.15, -0.1) is 24.0 Å². The lowest BCUT2D eigenvalue weighted by Crippen LogP contribution is -2.74. The number of nitrogens with one attached hydrogen (secondary N) is 2. The zero-order valence-electron chi connectivity index (χ0n) is 16.3. The Bertz CT molecular complexity index is 577. The Hall–Kier alpha value is -0.0800. The molecule has 2 N–H and O–H groups in total. The second-order valence-electron chi connectivity index (χ2n) is 9.46. The Morgan fingerprint density at radius 2 is 1.62 bits per heavy atom. The quantitative estimate of drug-likeness (QED) is 0.375. The number of hydrogen-bond acceptors (Lipinski definition) is 3. The molecule has 5 rings (SSSR count). The predicted molar refractivity (Wildman–Crippen MR) is 113 cm³/mol. The average Bonchev–Trinajstić information content (AvgIpc) is 3.15. The minimum atomic E-state index is 0. The van der Waals surface area contributed by atoms with E-state index in [1.807, 2.05) is 0 Å². The van der Waals surface area contributed by atoms with Gasteiger partial charge in [-0.25, -0.2) is 0 Å². The van der Waals surface area contributed by atoms with Crippen molar-refractivity contribution in [3.8, 4) is 0 Å². The number of halogens is 1. The molecule has 0 aromatic carbocycles. The molecule has 1 spiro atoms. The second kappa shape index (κ2) is 6.76. The van der Waals surface area contributed by atoms with Crippen LogP contribution in [0.15, 0.2) is 4.99 Å². The molecule has 5 nitrogen and oxygen atoms in total. The molecule has 6 heteroatoms. The lowest BCUT2D eigenvalue weighted by molar-refractivity contribution is -0.171. The van der Waals surface area contributed by atoms with E-state index < -0.39 is 0 Å². The van der Waals surface area contributed by atoms with Gasteiger partial charge in [0.15, 0.2) is 5.96 Å². The van der Waals surface area contributed by atoms with Crippen LogP contribution in [0.3, 0.4) is 0 Å². The van der Waals surface area contributed by atoms with Crippen molar-refractivity contribution in [1.82, 2.24) is 10.6 Å². The molecule has 5 aliphatic rings. The van der Waals surface area contributed by atoms with Gasteiger partial charge in [-0.05, 0) is 32.6 Å². The van der Waals surface area contributed by atoms with E-state index in [2.05, 4.69) is 31.4 Å².